The van der Waals surface area contributed by atoms with Crippen molar-refractivity contribution in [3.05, 3.63) is 78.6 Å². The molecular weight excluding hydrogens is 424 g/mol. The minimum absolute atomic E-state index is 0.256. The quantitative estimate of drug-likeness (QED) is 0.453. The van der Waals surface area contributed by atoms with Crippen LogP contribution in [-0.4, -0.2) is 36.1 Å². The van der Waals surface area contributed by atoms with Gasteiger partial charge in [-0.05, 0) is 36.4 Å². The van der Waals surface area contributed by atoms with Crippen molar-refractivity contribution in [2.24, 2.45) is 0 Å². The van der Waals surface area contributed by atoms with Gasteiger partial charge in [-0.2, -0.15) is 0 Å². The van der Waals surface area contributed by atoms with E-state index in [4.69, 9.17) is 14.2 Å². The number of aromatic nitrogens is 2. The summed E-state index contributed by atoms with van der Waals surface area (Å²) >= 11 is 0. The largest absolute Gasteiger partial charge is 0.493 e. The Morgan fingerprint density at radius 1 is 0.848 bits per heavy atom. The van der Waals surface area contributed by atoms with E-state index < -0.39 is 11.9 Å². The van der Waals surface area contributed by atoms with Crippen molar-refractivity contribution in [1.29, 1.82) is 0 Å². The molecule has 33 heavy (non-hydrogen) atoms. The van der Waals surface area contributed by atoms with Crippen LogP contribution in [0.15, 0.2) is 73.1 Å². The van der Waals surface area contributed by atoms with Gasteiger partial charge in [-0.3, -0.25) is 20.4 Å². The van der Waals surface area contributed by atoms with Crippen LogP contribution in [0.5, 0.6) is 23.0 Å². The minimum atomic E-state index is -0.689. The number of ether oxygens (including phenoxy) is 3. The number of pyridine rings is 2. The number of hydrogen-bond acceptors (Lipinski definition) is 7. The smallest absolute Gasteiger partial charge is 0.327 e. The van der Waals surface area contributed by atoms with Crippen LogP contribution in [0.2, 0.25) is 0 Å². The lowest BCUT2D eigenvalue weighted by atomic mass is 10.2. The number of carbonyl (C=O) groups is 2. The number of fused-ring (bicyclic) bond motifs is 1. The topological polar surface area (TPSA) is 112 Å². The maximum Gasteiger partial charge on any atom is 0.327 e. The molecule has 166 valence electrons. The van der Waals surface area contributed by atoms with E-state index in [1.807, 2.05) is 0 Å². The third kappa shape index (κ3) is 4.99. The number of urea groups is 1. The number of benzene rings is 2. The molecule has 0 unspecified atom stereocenters. The van der Waals surface area contributed by atoms with Gasteiger partial charge in [0.15, 0.2) is 11.5 Å². The van der Waals surface area contributed by atoms with Crippen LogP contribution >= 0.6 is 0 Å². The van der Waals surface area contributed by atoms with E-state index in [1.54, 1.807) is 81.1 Å². The SMILES string of the molecule is COc1cc2nccc(Oc3ccc(NC(=O)NC(=O)c4ccccc4)nc3)c2cc1OC. The summed E-state index contributed by atoms with van der Waals surface area (Å²) in [6.07, 6.45) is 3.09. The second-order valence-corrected chi connectivity index (χ2v) is 6.79. The van der Waals surface area contributed by atoms with E-state index in [9.17, 15) is 9.59 Å². The highest BCUT2D eigenvalue weighted by Gasteiger charge is 2.13. The Balaban J connectivity index is 1.45. The Kier molecular flexibility index (Phi) is 6.31. The molecule has 0 saturated carbocycles. The lowest BCUT2D eigenvalue weighted by molar-refractivity contribution is 0.0967. The molecule has 0 spiro atoms. The Labute approximate surface area is 189 Å². The molecule has 0 saturated heterocycles. The molecule has 0 radical (unpaired) electrons. The van der Waals surface area contributed by atoms with Gasteiger partial charge in [-0.25, -0.2) is 9.78 Å². The average Bonchev–Trinajstić information content (AvgIpc) is 2.85. The molecule has 0 aliphatic rings. The van der Waals surface area contributed by atoms with E-state index in [0.29, 0.717) is 34.1 Å². The van der Waals surface area contributed by atoms with Crippen molar-refractivity contribution in [3.8, 4) is 23.0 Å². The molecule has 0 atom stereocenters. The Bertz CT molecular complexity index is 1290. The number of amides is 3. The van der Waals surface area contributed by atoms with Gasteiger partial charge in [0.1, 0.15) is 17.3 Å². The fraction of sp³-hybridized carbons (Fsp3) is 0.0833. The number of carbonyl (C=O) groups excluding carboxylic acids is 2. The van der Waals surface area contributed by atoms with E-state index in [0.717, 1.165) is 5.39 Å². The molecule has 0 fully saturated rings. The normalized spacial score (nSPS) is 10.4. The molecule has 2 N–H and O–H groups in total. The second kappa shape index (κ2) is 9.65. The molecule has 2 heterocycles. The molecule has 0 aliphatic carbocycles. The number of rotatable bonds is 6. The van der Waals surface area contributed by atoms with Crippen LogP contribution < -0.4 is 24.8 Å². The molecule has 2 aromatic carbocycles. The number of methoxy groups -OCH3 is 2. The van der Waals surface area contributed by atoms with Gasteiger partial charge in [0.05, 0.1) is 25.9 Å². The summed E-state index contributed by atoms with van der Waals surface area (Å²) in [5.74, 6) is 1.86. The highest BCUT2D eigenvalue weighted by molar-refractivity contribution is 6.07. The summed E-state index contributed by atoms with van der Waals surface area (Å²) in [5, 5.41) is 5.50. The summed E-state index contributed by atoms with van der Waals surface area (Å²) in [7, 11) is 3.11. The molecule has 0 aliphatic heterocycles. The summed E-state index contributed by atoms with van der Waals surface area (Å²) in [4.78, 5) is 32.7. The molecule has 2 aromatic heterocycles. The zero-order chi connectivity index (χ0) is 23.2. The summed E-state index contributed by atoms with van der Waals surface area (Å²) in [5.41, 5.74) is 1.05. The zero-order valence-corrected chi connectivity index (χ0v) is 17.9. The van der Waals surface area contributed by atoms with Crippen molar-refractivity contribution in [3.63, 3.8) is 0 Å². The average molecular weight is 444 g/mol. The number of imide groups is 1. The maximum absolute atomic E-state index is 12.1. The van der Waals surface area contributed by atoms with Gasteiger partial charge in [0.25, 0.3) is 5.91 Å². The lowest BCUT2D eigenvalue weighted by Crippen LogP contribution is -2.34. The first-order valence-corrected chi connectivity index (χ1v) is 9.89. The minimum Gasteiger partial charge on any atom is -0.493 e. The van der Waals surface area contributed by atoms with E-state index in [2.05, 4.69) is 20.6 Å². The Hall–Kier alpha value is -4.66. The van der Waals surface area contributed by atoms with E-state index in [-0.39, 0.29) is 5.82 Å². The summed E-state index contributed by atoms with van der Waals surface area (Å²) in [6, 6.07) is 16.2. The highest BCUT2D eigenvalue weighted by atomic mass is 16.5. The monoisotopic (exact) mass is 444 g/mol. The maximum atomic E-state index is 12.1. The third-order valence-corrected chi connectivity index (χ3v) is 4.68. The first kappa shape index (κ1) is 21.6. The molecule has 0 bridgehead atoms. The zero-order valence-electron chi connectivity index (χ0n) is 17.9. The van der Waals surface area contributed by atoms with Crippen molar-refractivity contribution in [2.45, 2.75) is 0 Å². The van der Waals surface area contributed by atoms with Crippen LogP contribution in [-0.2, 0) is 0 Å². The number of hydrogen-bond donors (Lipinski definition) is 2. The standard InChI is InChI=1S/C24H20N4O5/c1-31-20-12-17-18(13-21(20)32-2)25-11-10-19(17)33-16-8-9-22(26-14-16)27-24(30)28-23(29)15-6-4-3-5-7-15/h3-14H,1-2H3,(H2,26,27,28,29,30). The van der Waals surface area contributed by atoms with Gasteiger partial charge >= 0.3 is 6.03 Å². The second-order valence-electron chi connectivity index (χ2n) is 6.79. The fourth-order valence-electron chi connectivity index (χ4n) is 3.09. The van der Waals surface area contributed by atoms with Gasteiger partial charge in [-0.1, -0.05) is 18.2 Å². The van der Waals surface area contributed by atoms with Gasteiger partial charge < -0.3 is 14.2 Å². The summed E-state index contributed by atoms with van der Waals surface area (Å²) in [6.45, 7) is 0. The van der Waals surface area contributed by atoms with Gasteiger partial charge in [0, 0.05) is 23.2 Å². The molecular formula is C24H20N4O5. The number of nitrogens with zero attached hydrogens (tertiary/aromatic N) is 2. The van der Waals surface area contributed by atoms with E-state index in [1.165, 1.54) is 6.20 Å². The number of anilines is 1. The van der Waals surface area contributed by atoms with Crippen LogP contribution in [0.3, 0.4) is 0 Å². The first-order valence-electron chi connectivity index (χ1n) is 9.89. The van der Waals surface area contributed by atoms with Crippen molar-refractivity contribution in [1.82, 2.24) is 15.3 Å². The predicted molar refractivity (Wildman–Crippen MR) is 122 cm³/mol. The lowest BCUT2D eigenvalue weighted by Gasteiger charge is -2.12. The molecule has 4 rings (SSSR count). The first-order chi connectivity index (χ1) is 16.1. The van der Waals surface area contributed by atoms with Crippen LogP contribution in [0.1, 0.15) is 10.4 Å². The van der Waals surface area contributed by atoms with Crippen LogP contribution in [0.25, 0.3) is 10.9 Å². The Morgan fingerprint density at radius 2 is 1.61 bits per heavy atom. The highest BCUT2D eigenvalue weighted by Crippen LogP contribution is 2.36. The van der Waals surface area contributed by atoms with E-state index >= 15 is 0 Å². The van der Waals surface area contributed by atoms with Gasteiger partial charge in [-0.15, -0.1) is 0 Å². The Morgan fingerprint density at radius 3 is 2.30 bits per heavy atom. The third-order valence-electron chi connectivity index (χ3n) is 4.68. The molecule has 9 nitrogen and oxygen atoms in total. The number of nitrogens with one attached hydrogen (secondary N) is 2. The van der Waals surface area contributed by atoms with Crippen molar-refractivity contribution in [2.75, 3.05) is 19.5 Å². The van der Waals surface area contributed by atoms with Crippen LogP contribution in [0.4, 0.5) is 10.6 Å². The fourth-order valence-corrected chi connectivity index (χ4v) is 3.09. The van der Waals surface area contributed by atoms with Gasteiger partial charge in [0.2, 0.25) is 0 Å². The predicted octanol–water partition coefficient (Wildman–Crippen LogP) is 4.40. The summed E-state index contributed by atoms with van der Waals surface area (Å²) < 4.78 is 16.7. The van der Waals surface area contributed by atoms with Crippen LogP contribution in [0, 0.1) is 0 Å². The molecule has 9 heteroatoms. The molecule has 4 aromatic rings. The van der Waals surface area contributed by atoms with Crippen molar-refractivity contribution < 1.29 is 23.8 Å². The molecule has 3 amide bonds. The van der Waals surface area contributed by atoms with Crippen molar-refractivity contribution >= 4 is 28.7 Å².